The molecule has 5 rings (SSSR count). The van der Waals surface area contributed by atoms with Gasteiger partial charge in [-0.2, -0.15) is 5.26 Å². The average molecular weight is 513 g/mol. The van der Waals surface area contributed by atoms with Gasteiger partial charge < -0.3 is 10.6 Å². The number of hydrogen-bond acceptors (Lipinski definition) is 8. The van der Waals surface area contributed by atoms with Gasteiger partial charge in [-0.05, 0) is 48.7 Å². The second-order valence-electron chi connectivity index (χ2n) is 8.97. The molecule has 0 aliphatic rings. The number of nitrogens with one attached hydrogen (secondary N) is 2. The molecular formula is C30H24N8O. The lowest BCUT2D eigenvalue weighted by Gasteiger charge is -2.16. The zero-order valence-electron chi connectivity index (χ0n) is 21.3. The van der Waals surface area contributed by atoms with Crippen molar-refractivity contribution >= 4 is 17.4 Å². The Morgan fingerprint density at radius 2 is 1.62 bits per heavy atom. The summed E-state index contributed by atoms with van der Waals surface area (Å²) in [6, 6.07) is 19.1. The smallest absolute Gasteiger partial charge is 0.257 e. The Labute approximate surface area is 225 Å². The van der Waals surface area contributed by atoms with Gasteiger partial charge in [0.15, 0.2) is 0 Å². The fraction of sp³-hybridized carbons (Fsp3) is 0.100. The Hall–Kier alpha value is -5.49. The molecule has 9 heteroatoms. The molecule has 1 atom stereocenters. The average Bonchev–Trinajstić information content (AvgIpc) is 2.97. The number of pyridine rings is 1. The fourth-order valence-corrected chi connectivity index (χ4v) is 4.02. The summed E-state index contributed by atoms with van der Waals surface area (Å²) in [5.41, 5.74) is 6.51. The van der Waals surface area contributed by atoms with E-state index in [4.69, 9.17) is 10.2 Å². The van der Waals surface area contributed by atoms with Crippen LogP contribution in [0.5, 0.6) is 0 Å². The minimum atomic E-state index is -0.208. The lowest BCUT2D eigenvalue weighted by atomic mass is 10.1. The number of aryl methyl sites for hydroxylation is 1. The van der Waals surface area contributed by atoms with Gasteiger partial charge in [0.25, 0.3) is 5.91 Å². The molecule has 3 heterocycles. The second-order valence-corrected chi connectivity index (χ2v) is 8.97. The van der Waals surface area contributed by atoms with Gasteiger partial charge >= 0.3 is 0 Å². The van der Waals surface area contributed by atoms with Crippen LogP contribution in [0.4, 0.5) is 11.5 Å². The molecule has 0 saturated carbocycles. The molecule has 0 aliphatic carbocycles. The first kappa shape index (κ1) is 25.2. The lowest BCUT2D eigenvalue weighted by Crippen LogP contribution is -2.13. The molecule has 2 aromatic carbocycles. The number of benzene rings is 2. The summed E-state index contributed by atoms with van der Waals surface area (Å²) >= 11 is 0. The van der Waals surface area contributed by atoms with Crippen molar-refractivity contribution in [2.24, 2.45) is 0 Å². The maximum atomic E-state index is 12.6. The number of amides is 1. The van der Waals surface area contributed by atoms with Crippen LogP contribution >= 0.6 is 0 Å². The summed E-state index contributed by atoms with van der Waals surface area (Å²) < 4.78 is 0. The SMILES string of the molecule is Cc1cncc(C(=O)Nc2cccc(C(C)Nc3cncc(-c4ccc(-c5cnc(C#N)nc5)cc4)n3)c2)c1. The van der Waals surface area contributed by atoms with E-state index >= 15 is 0 Å². The highest BCUT2D eigenvalue weighted by Crippen LogP contribution is 2.25. The van der Waals surface area contributed by atoms with Crippen molar-refractivity contribution in [2.75, 3.05) is 10.6 Å². The molecule has 3 aromatic heterocycles. The molecule has 9 nitrogen and oxygen atoms in total. The fourth-order valence-electron chi connectivity index (χ4n) is 4.02. The number of nitrogens with zero attached hydrogens (tertiary/aromatic N) is 6. The number of aromatic nitrogens is 5. The molecule has 190 valence electrons. The number of rotatable bonds is 7. The standard InChI is InChI=1S/C30H24N8O/c1-19-10-24(14-32-13-19)30(39)37-26-5-3-4-23(11-26)20(2)36-29-18-33-17-27(38-29)22-8-6-21(7-9-22)25-15-34-28(12-31)35-16-25/h3-11,13-18,20H,1-2H3,(H,36,38)(H,37,39). The lowest BCUT2D eigenvalue weighted by molar-refractivity contribution is 0.102. The zero-order valence-corrected chi connectivity index (χ0v) is 21.3. The first-order chi connectivity index (χ1) is 19.0. The van der Waals surface area contributed by atoms with Gasteiger partial charge in [-0.25, -0.2) is 15.0 Å². The molecular weight excluding hydrogens is 488 g/mol. The molecule has 39 heavy (non-hydrogen) atoms. The van der Waals surface area contributed by atoms with E-state index in [1.807, 2.05) is 68.4 Å². The summed E-state index contributed by atoms with van der Waals surface area (Å²) in [5.74, 6) is 0.561. The normalized spacial score (nSPS) is 11.3. The van der Waals surface area contributed by atoms with E-state index in [1.165, 1.54) is 0 Å². The van der Waals surface area contributed by atoms with Crippen molar-refractivity contribution in [3.8, 4) is 28.5 Å². The molecule has 0 bridgehead atoms. The van der Waals surface area contributed by atoms with E-state index in [1.54, 1.807) is 43.2 Å². The van der Waals surface area contributed by atoms with E-state index in [0.29, 0.717) is 17.1 Å². The summed E-state index contributed by atoms with van der Waals surface area (Å²) in [7, 11) is 0. The highest BCUT2D eigenvalue weighted by atomic mass is 16.1. The maximum absolute atomic E-state index is 12.6. The topological polar surface area (TPSA) is 129 Å². The van der Waals surface area contributed by atoms with Crippen molar-refractivity contribution in [2.45, 2.75) is 19.9 Å². The Balaban J connectivity index is 1.27. The maximum Gasteiger partial charge on any atom is 0.257 e. The van der Waals surface area contributed by atoms with Crippen LogP contribution in [-0.2, 0) is 0 Å². The minimum Gasteiger partial charge on any atom is -0.362 e. The third-order valence-electron chi connectivity index (χ3n) is 6.05. The number of hydrogen-bond donors (Lipinski definition) is 2. The predicted molar refractivity (Wildman–Crippen MR) is 149 cm³/mol. The van der Waals surface area contributed by atoms with Crippen LogP contribution in [0.2, 0.25) is 0 Å². The number of carbonyl (C=O) groups excluding carboxylic acids is 1. The van der Waals surface area contributed by atoms with Crippen LogP contribution in [-0.4, -0.2) is 30.8 Å². The Kier molecular flexibility index (Phi) is 7.28. The Bertz CT molecular complexity index is 1660. The Morgan fingerprint density at radius 3 is 2.36 bits per heavy atom. The van der Waals surface area contributed by atoms with Gasteiger partial charge in [0.1, 0.15) is 11.9 Å². The van der Waals surface area contributed by atoms with E-state index in [2.05, 4.69) is 30.6 Å². The van der Waals surface area contributed by atoms with Crippen LogP contribution < -0.4 is 10.6 Å². The summed E-state index contributed by atoms with van der Waals surface area (Å²) in [4.78, 5) is 33.9. The Morgan fingerprint density at radius 1 is 0.872 bits per heavy atom. The zero-order chi connectivity index (χ0) is 27.2. The third kappa shape index (κ3) is 6.09. The van der Waals surface area contributed by atoms with Crippen molar-refractivity contribution in [3.05, 3.63) is 114 Å². The number of nitriles is 1. The molecule has 0 aliphatic heterocycles. The molecule has 0 fully saturated rings. The molecule has 0 radical (unpaired) electrons. The quantitative estimate of drug-likeness (QED) is 0.288. The van der Waals surface area contributed by atoms with Crippen molar-refractivity contribution in [1.29, 1.82) is 5.26 Å². The largest absolute Gasteiger partial charge is 0.362 e. The van der Waals surface area contributed by atoms with Crippen LogP contribution in [0.25, 0.3) is 22.4 Å². The number of carbonyl (C=O) groups is 1. The molecule has 1 unspecified atom stereocenters. The first-order valence-electron chi connectivity index (χ1n) is 12.2. The summed E-state index contributed by atoms with van der Waals surface area (Å²) in [6.07, 6.45) is 9.92. The van der Waals surface area contributed by atoms with E-state index in [-0.39, 0.29) is 17.8 Å². The van der Waals surface area contributed by atoms with Gasteiger partial charge in [-0.3, -0.25) is 14.8 Å². The summed E-state index contributed by atoms with van der Waals surface area (Å²) in [6.45, 7) is 3.92. The predicted octanol–water partition coefficient (Wildman–Crippen LogP) is 5.60. The van der Waals surface area contributed by atoms with Gasteiger partial charge in [-0.1, -0.05) is 36.4 Å². The molecule has 5 aromatic rings. The highest BCUT2D eigenvalue weighted by molar-refractivity contribution is 6.04. The highest BCUT2D eigenvalue weighted by Gasteiger charge is 2.11. The van der Waals surface area contributed by atoms with Gasteiger partial charge in [0.05, 0.1) is 29.7 Å². The molecule has 1 amide bonds. The molecule has 0 saturated heterocycles. The number of anilines is 2. The molecule has 2 N–H and O–H groups in total. The van der Waals surface area contributed by atoms with Gasteiger partial charge in [0, 0.05) is 41.6 Å². The minimum absolute atomic E-state index is 0.0919. The van der Waals surface area contributed by atoms with Gasteiger partial charge in [0.2, 0.25) is 5.82 Å². The van der Waals surface area contributed by atoms with Crippen molar-refractivity contribution in [3.63, 3.8) is 0 Å². The van der Waals surface area contributed by atoms with Crippen molar-refractivity contribution in [1.82, 2.24) is 24.9 Å². The van der Waals surface area contributed by atoms with Gasteiger partial charge in [-0.15, -0.1) is 0 Å². The van der Waals surface area contributed by atoms with Crippen LogP contribution in [0.1, 0.15) is 40.3 Å². The monoisotopic (exact) mass is 512 g/mol. The second kappa shape index (κ2) is 11.3. The first-order valence-corrected chi connectivity index (χ1v) is 12.2. The van der Waals surface area contributed by atoms with Crippen LogP contribution in [0, 0.1) is 18.3 Å². The van der Waals surface area contributed by atoms with Crippen LogP contribution in [0.15, 0.2) is 91.8 Å². The van der Waals surface area contributed by atoms with E-state index in [0.717, 1.165) is 33.5 Å². The summed E-state index contributed by atoms with van der Waals surface area (Å²) in [5, 5.41) is 15.2. The third-order valence-corrected chi connectivity index (χ3v) is 6.05. The van der Waals surface area contributed by atoms with Crippen LogP contribution in [0.3, 0.4) is 0 Å². The van der Waals surface area contributed by atoms with E-state index < -0.39 is 0 Å². The van der Waals surface area contributed by atoms with E-state index in [9.17, 15) is 4.79 Å². The molecule has 0 spiro atoms. The van der Waals surface area contributed by atoms with Crippen molar-refractivity contribution < 1.29 is 4.79 Å².